The predicted octanol–water partition coefficient (Wildman–Crippen LogP) is 0.0393. The van der Waals surface area contributed by atoms with E-state index >= 15 is 0 Å². The van der Waals surface area contributed by atoms with Crippen LogP contribution in [0, 0.1) is 0 Å². The molecule has 0 unspecified atom stereocenters. The minimum absolute atomic E-state index is 0.206. The van der Waals surface area contributed by atoms with E-state index in [0.29, 0.717) is 13.0 Å². The van der Waals surface area contributed by atoms with Gasteiger partial charge in [-0.1, -0.05) is 0 Å². The van der Waals surface area contributed by atoms with Crippen LogP contribution in [0.2, 0.25) is 0 Å². The summed E-state index contributed by atoms with van der Waals surface area (Å²) in [5.41, 5.74) is 1.07. The Bertz CT molecular complexity index is 141. The Labute approximate surface area is 49.2 Å². The molecule has 3 heteroatoms. The molecule has 0 bridgehead atoms. The fourth-order valence-corrected chi connectivity index (χ4v) is 0.693. The zero-order valence-electron chi connectivity index (χ0n) is 4.85. The predicted molar refractivity (Wildman–Crippen MR) is 33.4 cm³/mol. The van der Waals surface area contributed by atoms with Gasteiger partial charge < -0.3 is 9.79 Å². The van der Waals surface area contributed by atoms with E-state index in [9.17, 15) is 4.79 Å². The Morgan fingerprint density at radius 3 is 2.88 bits per heavy atom. The molecule has 0 atom stereocenters. The van der Waals surface area contributed by atoms with Gasteiger partial charge in [-0.15, -0.1) is 0 Å². The monoisotopic (exact) mass is 108 g/mol. The molecule has 8 heavy (non-hydrogen) atoms. The average molecular weight is 108 g/mol. The van der Waals surface area contributed by atoms with Gasteiger partial charge in [0.05, 0.1) is 5.68 Å². The molecule has 1 radical (unpaired) electrons. The lowest BCUT2D eigenvalue weighted by atomic mass is 9.66. The third kappa shape index (κ3) is 1.19. The van der Waals surface area contributed by atoms with E-state index in [1.54, 1.807) is 7.28 Å². The molecule has 0 N–H and O–H groups in total. The van der Waals surface area contributed by atoms with Crippen LogP contribution in [0.4, 0.5) is 0 Å². The van der Waals surface area contributed by atoms with Gasteiger partial charge in [-0.05, 0) is 12.5 Å². The van der Waals surface area contributed by atoms with Crippen molar-refractivity contribution in [3.63, 3.8) is 0 Å². The summed E-state index contributed by atoms with van der Waals surface area (Å²) >= 11 is 0. The van der Waals surface area contributed by atoms with E-state index in [0.717, 1.165) is 5.61 Å². The second kappa shape index (κ2) is 2.12. The van der Waals surface area contributed by atoms with E-state index in [1.165, 1.54) is 0 Å². The number of carbonyl (C=O) groups excluding carboxylic acids is 1. The van der Waals surface area contributed by atoms with Crippen LogP contribution in [-0.2, 0) is 4.79 Å². The highest BCUT2D eigenvalue weighted by Crippen LogP contribution is 1.92. The van der Waals surface area contributed by atoms with E-state index < -0.39 is 0 Å². The lowest BCUT2D eigenvalue weighted by Gasteiger charge is -2.03. The number of hydrogen-bond acceptors (Lipinski definition) is 2. The van der Waals surface area contributed by atoms with Gasteiger partial charge in [-0.2, -0.15) is 0 Å². The summed E-state index contributed by atoms with van der Waals surface area (Å²) in [4.78, 5) is 14.6. The van der Waals surface area contributed by atoms with Gasteiger partial charge in [-0.3, -0.25) is 0 Å². The molecule has 1 heterocycles. The molecule has 0 fully saturated rings. The van der Waals surface area contributed by atoms with Crippen LogP contribution < -0.4 is 0 Å². The summed E-state index contributed by atoms with van der Waals surface area (Å²) < 4.78 is 0. The largest absolute Gasteiger partial charge is 0.311 e. The lowest BCUT2D eigenvalue weighted by molar-refractivity contribution is -0.111. The maximum atomic E-state index is 10.5. The minimum Gasteiger partial charge on any atom is -0.311 e. The second-order valence-electron chi connectivity index (χ2n) is 1.88. The highest BCUT2D eigenvalue weighted by molar-refractivity contribution is 6.98. The van der Waals surface area contributed by atoms with Gasteiger partial charge in [0.15, 0.2) is 0 Å². The van der Waals surface area contributed by atoms with Crippen LogP contribution in [0.25, 0.3) is 0 Å². The van der Waals surface area contributed by atoms with E-state index in [-0.39, 0.29) is 5.68 Å². The first kappa shape index (κ1) is 5.54. The van der Waals surface area contributed by atoms with Crippen LogP contribution in [0.15, 0.2) is 4.99 Å². The number of carbonyl (C=O) groups is 1. The molecule has 1 rings (SSSR count). The summed E-state index contributed by atoms with van der Waals surface area (Å²) in [6.45, 7) is 2.53. The van der Waals surface area contributed by atoms with Crippen LogP contribution in [0.1, 0.15) is 13.3 Å². The normalized spacial score (nSPS) is 19.6. The molecular formula is C5H7BNO. The maximum absolute atomic E-state index is 10.5. The first-order chi connectivity index (χ1) is 3.79. The molecule has 0 aromatic heterocycles. The molecule has 0 saturated carbocycles. The summed E-state index contributed by atoms with van der Waals surface area (Å²) in [6, 6.07) is 0. The Morgan fingerprint density at radius 1 is 1.75 bits per heavy atom. The number of aliphatic imine (C=N–C) groups is 1. The van der Waals surface area contributed by atoms with Crippen molar-refractivity contribution in [3.05, 3.63) is 0 Å². The van der Waals surface area contributed by atoms with E-state index in [1.807, 2.05) is 6.92 Å². The van der Waals surface area contributed by atoms with Crippen molar-refractivity contribution in [1.82, 2.24) is 0 Å². The second-order valence-corrected chi connectivity index (χ2v) is 1.88. The van der Waals surface area contributed by atoms with Crippen molar-refractivity contribution >= 4 is 18.6 Å². The lowest BCUT2D eigenvalue weighted by Crippen LogP contribution is -2.23. The van der Waals surface area contributed by atoms with Gasteiger partial charge >= 0.3 is 0 Å². The molecule has 0 saturated heterocycles. The summed E-state index contributed by atoms with van der Waals surface area (Å²) in [7, 11) is 1.59. The number of rotatable bonds is 0. The fraction of sp³-hybridized carbons (Fsp3) is 0.600. The van der Waals surface area contributed by atoms with Crippen LogP contribution in [-0.4, -0.2) is 25.1 Å². The smallest absolute Gasteiger partial charge is 0.259 e. The van der Waals surface area contributed by atoms with Crippen molar-refractivity contribution in [3.8, 4) is 0 Å². The zero-order chi connectivity index (χ0) is 5.98. The molecule has 0 aromatic rings. The average Bonchev–Trinajstić information content (AvgIpc) is 1.64. The summed E-state index contributed by atoms with van der Waals surface area (Å²) in [5, 5.41) is 0. The zero-order valence-corrected chi connectivity index (χ0v) is 4.85. The maximum Gasteiger partial charge on any atom is 0.259 e. The molecule has 1 aliphatic heterocycles. The molecule has 0 aromatic carbocycles. The quantitative estimate of drug-likeness (QED) is 0.403. The minimum atomic E-state index is 0.206. The molecule has 1 aliphatic rings. The van der Waals surface area contributed by atoms with Gasteiger partial charge in [0, 0.05) is 13.0 Å². The van der Waals surface area contributed by atoms with Crippen molar-refractivity contribution in [1.29, 1.82) is 0 Å². The Hall–Kier alpha value is -0.595. The highest BCUT2D eigenvalue weighted by atomic mass is 16.1. The van der Waals surface area contributed by atoms with Crippen molar-refractivity contribution in [2.75, 3.05) is 6.54 Å². The van der Waals surface area contributed by atoms with Gasteiger partial charge in [0.25, 0.3) is 7.28 Å². The molecule has 0 amide bonds. The van der Waals surface area contributed by atoms with Gasteiger partial charge in [0.2, 0.25) is 0 Å². The Morgan fingerprint density at radius 2 is 2.50 bits per heavy atom. The molecule has 2 nitrogen and oxygen atoms in total. The number of nitrogens with zero attached hydrogens (tertiary/aromatic N) is 1. The Kier molecular flexibility index (Phi) is 1.46. The Balaban J connectivity index is 2.57. The van der Waals surface area contributed by atoms with Gasteiger partial charge in [0.1, 0.15) is 0 Å². The van der Waals surface area contributed by atoms with Crippen molar-refractivity contribution in [2.24, 2.45) is 4.99 Å². The first-order valence-corrected chi connectivity index (χ1v) is 2.67. The van der Waals surface area contributed by atoms with Gasteiger partial charge in [-0.25, -0.2) is 0 Å². The number of hydrogen-bond donors (Lipinski definition) is 0. The molecular weight excluding hydrogens is 101 g/mol. The van der Waals surface area contributed by atoms with Crippen LogP contribution >= 0.6 is 0 Å². The highest BCUT2D eigenvalue weighted by Gasteiger charge is 2.09. The van der Waals surface area contributed by atoms with Crippen LogP contribution in [0.5, 0.6) is 0 Å². The molecule has 0 spiro atoms. The molecule has 41 valence electrons. The van der Waals surface area contributed by atoms with Crippen molar-refractivity contribution < 1.29 is 4.79 Å². The molecule has 0 aliphatic carbocycles. The van der Waals surface area contributed by atoms with Crippen molar-refractivity contribution in [2.45, 2.75) is 13.3 Å². The third-order valence-electron chi connectivity index (χ3n) is 1.09. The van der Waals surface area contributed by atoms with E-state index in [2.05, 4.69) is 4.99 Å². The van der Waals surface area contributed by atoms with Crippen LogP contribution in [0.3, 0.4) is 0 Å². The topological polar surface area (TPSA) is 29.4 Å². The summed E-state index contributed by atoms with van der Waals surface area (Å²) in [6.07, 6.45) is 0.595. The van der Waals surface area contributed by atoms with E-state index in [4.69, 9.17) is 0 Å². The first-order valence-electron chi connectivity index (χ1n) is 2.67. The fourth-order valence-electron chi connectivity index (χ4n) is 0.693. The third-order valence-corrected chi connectivity index (χ3v) is 1.09. The summed E-state index contributed by atoms with van der Waals surface area (Å²) in [5.74, 6) is 0. The standard InChI is InChI=1S/C5H7BNO/c1-4-6-5(8)2-3-7-4/h2-3H2,1H3. The SMILES string of the molecule is CC1=NCCC(=O)[B]1.